The van der Waals surface area contributed by atoms with Crippen molar-refractivity contribution in [2.24, 2.45) is 5.73 Å². The summed E-state index contributed by atoms with van der Waals surface area (Å²) in [5.41, 5.74) is 5.72. The molecule has 0 saturated carbocycles. The van der Waals surface area contributed by atoms with Gasteiger partial charge in [0.2, 0.25) is 5.91 Å². The molecule has 0 aliphatic heterocycles. The van der Waals surface area contributed by atoms with Crippen molar-refractivity contribution in [2.45, 2.75) is 6.42 Å². The molecular formula is C5H8ClN3O. The highest BCUT2D eigenvalue weighted by atomic mass is 35.5. The van der Waals surface area contributed by atoms with Gasteiger partial charge in [-0.1, -0.05) is 0 Å². The molecule has 1 aromatic heterocycles. The number of primary amides is 1. The molecule has 4 nitrogen and oxygen atoms in total. The Morgan fingerprint density at radius 2 is 2.50 bits per heavy atom. The number of aromatic nitrogens is 2. The summed E-state index contributed by atoms with van der Waals surface area (Å²) in [7, 11) is 0. The standard InChI is InChI=1S/C5H7N3O.ClH/c6-5(9)1-4-2-7-8-3-4;/h2-3H,1H2,(H2,6,9)(H,7,8);1H. The molecule has 56 valence electrons. The van der Waals surface area contributed by atoms with E-state index in [2.05, 4.69) is 10.2 Å². The Morgan fingerprint density at radius 3 is 2.90 bits per heavy atom. The fourth-order valence-electron chi connectivity index (χ4n) is 0.575. The Kier molecular flexibility index (Phi) is 3.49. The minimum absolute atomic E-state index is 0. The van der Waals surface area contributed by atoms with Crippen LogP contribution in [0.5, 0.6) is 0 Å². The van der Waals surface area contributed by atoms with Crippen molar-refractivity contribution in [1.29, 1.82) is 0 Å². The van der Waals surface area contributed by atoms with Crippen LogP contribution in [0, 0.1) is 0 Å². The summed E-state index contributed by atoms with van der Waals surface area (Å²) < 4.78 is 0. The Hall–Kier alpha value is -1.03. The van der Waals surface area contributed by atoms with Crippen molar-refractivity contribution in [1.82, 2.24) is 10.2 Å². The number of aromatic amines is 1. The van der Waals surface area contributed by atoms with Gasteiger partial charge < -0.3 is 5.73 Å². The van der Waals surface area contributed by atoms with Crippen LogP contribution < -0.4 is 5.73 Å². The molecule has 1 rings (SSSR count). The maximum Gasteiger partial charge on any atom is 0.221 e. The Morgan fingerprint density at radius 1 is 1.80 bits per heavy atom. The van der Waals surface area contributed by atoms with E-state index in [1.54, 1.807) is 12.4 Å². The zero-order chi connectivity index (χ0) is 6.69. The predicted molar refractivity (Wildman–Crippen MR) is 38.7 cm³/mol. The van der Waals surface area contributed by atoms with Crippen molar-refractivity contribution in [2.75, 3.05) is 0 Å². The van der Waals surface area contributed by atoms with Crippen molar-refractivity contribution < 1.29 is 4.79 Å². The lowest BCUT2D eigenvalue weighted by Crippen LogP contribution is -2.12. The molecule has 0 atom stereocenters. The van der Waals surface area contributed by atoms with Gasteiger partial charge in [-0.15, -0.1) is 12.4 Å². The summed E-state index contributed by atoms with van der Waals surface area (Å²) in [6.45, 7) is 0. The maximum atomic E-state index is 10.2. The van der Waals surface area contributed by atoms with E-state index in [0.29, 0.717) is 0 Å². The number of hydrogen-bond donors (Lipinski definition) is 2. The van der Waals surface area contributed by atoms with Crippen LogP contribution in [0.15, 0.2) is 12.4 Å². The number of nitrogens with two attached hydrogens (primary N) is 1. The minimum Gasteiger partial charge on any atom is -0.369 e. The summed E-state index contributed by atoms with van der Waals surface area (Å²) >= 11 is 0. The second-order valence-electron chi connectivity index (χ2n) is 1.75. The molecule has 0 spiro atoms. The third-order valence-corrected chi connectivity index (χ3v) is 0.933. The number of H-pyrrole nitrogens is 1. The van der Waals surface area contributed by atoms with Crippen molar-refractivity contribution >= 4 is 18.3 Å². The van der Waals surface area contributed by atoms with Gasteiger partial charge in [0, 0.05) is 6.20 Å². The van der Waals surface area contributed by atoms with Crippen LogP contribution in [0.4, 0.5) is 0 Å². The Balaban J connectivity index is 0.000000810. The molecule has 0 unspecified atom stereocenters. The van der Waals surface area contributed by atoms with E-state index < -0.39 is 0 Å². The number of hydrogen-bond acceptors (Lipinski definition) is 2. The average molecular weight is 162 g/mol. The van der Waals surface area contributed by atoms with Crippen LogP contribution in [0.3, 0.4) is 0 Å². The first-order chi connectivity index (χ1) is 4.29. The zero-order valence-electron chi connectivity index (χ0n) is 5.20. The number of carbonyl (C=O) groups is 1. The molecule has 0 radical (unpaired) electrons. The molecule has 5 heteroatoms. The van der Waals surface area contributed by atoms with Crippen molar-refractivity contribution in [3.63, 3.8) is 0 Å². The number of amides is 1. The molecule has 1 heterocycles. The van der Waals surface area contributed by atoms with E-state index in [1.165, 1.54) is 0 Å². The number of nitrogens with zero attached hydrogens (tertiary/aromatic N) is 1. The van der Waals surface area contributed by atoms with Gasteiger partial charge in [0.25, 0.3) is 0 Å². The van der Waals surface area contributed by atoms with Crippen LogP contribution in [0.1, 0.15) is 5.56 Å². The monoisotopic (exact) mass is 161 g/mol. The predicted octanol–water partition coefficient (Wildman–Crippen LogP) is -0.141. The highest BCUT2D eigenvalue weighted by Gasteiger charge is 1.96. The summed E-state index contributed by atoms with van der Waals surface area (Å²) in [5.74, 6) is -0.337. The fourth-order valence-corrected chi connectivity index (χ4v) is 0.575. The summed E-state index contributed by atoms with van der Waals surface area (Å²) in [6, 6.07) is 0. The van der Waals surface area contributed by atoms with Gasteiger partial charge >= 0.3 is 0 Å². The minimum atomic E-state index is -0.337. The number of carbonyl (C=O) groups excluding carboxylic acids is 1. The third kappa shape index (κ3) is 2.50. The lowest BCUT2D eigenvalue weighted by Gasteiger charge is -1.85. The molecule has 1 amide bonds. The van der Waals surface area contributed by atoms with Crippen LogP contribution >= 0.6 is 12.4 Å². The summed E-state index contributed by atoms with van der Waals surface area (Å²) in [5, 5.41) is 6.22. The largest absolute Gasteiger partial charge is 0.369 e. The summed E-state index contributed by atoms with van der Waals surface area (Å²) in [4.78, 5) is 10.2. The number of halogens is 1. The first-order valence-corrected chi connectivity index (χ1v) is 2.55. The van der Waals surface area contributed by atoms with Gasteiger partial charge in [-0.25, -0.2) is 0 Å². The lowest BCUT2D eigenvalue weighted by molar-refractivity contribution is -0.117. The van der Waals surface area contributed by atoms with Gasteiger partial charge in [0.15, 0.2) is 0 Å². The molecule has 10 heavy (non-hydrogen) atoms. The third-order valence-electron chi connectivity index (χ3n) is 0.933. The SMILES string of the molecule is Cl.NC(=O)Cc1cn[nH]c1. The fraction of sp³-hybridized carbons (Fsp3) is 0.200. The van der Waals surface area contributed by atoms with Crippen LogP contribution in [0.25, 0.3) is 0 Å². The average Bonchev–Trinajstić information content (AvgIpc) is 2.15. The quantitative estimate of drug-likeness (QED) is 0.634. The van der Waals surface area contributed by atoms with E-state index in [4.69, 9.17) is 5.73 Å². The Bertz CT molecular complexity index is 197. The first kappa shape index (κ1) is 8.97. The molecule has 0 aromatic carbocycles. The highest BCUT2D eigenvalue weighted by Crippen LogP contribution is 1.92. The normalized spacial score (nSPS) is 8.40. The zero-order valence-corrected chi connectivity index (χ0v) is 6.02. The van der Waals surface area contributed by atoms with E-state index in [1.807, 2.05) is 0 Å². The smallest absolute Gasteiger partial charge is 0.221 e. The Labute approximate surface area is 64.2 Å². The van der Waals surface area contributed by atoms with E-state index in [0.717, 1.165) is 5.56 Å². The summed E-state index contributed by atoms with van der Waals surface area (Å²) in [6.07, 6.45) is 3.48. The van der Waals surface area contributed by atoms with Gasteiger partial charge in [-0.2, -0.15) is 5.10 Å². The van der Waals surface area contributed by atoms with E-state index in [-0.39, 0.29) is 24.7 Å². The molecule has 1 aromatic rings. The van der Waals surface area contributed by atoms with E-state index >= 15 is 0 Å². The molecule has 3 N–H and O–H groups in total. The number of nitrogens with one attached hydrogen (secondary N) is 1. The van der Waals surface area contributed by atoms with Crippen LogP contribution in [0.2, 0.25) is 0 Å². The van der Waals surface area contributed by atoms with Gasteiger partial charge in [0.1, 0.15) is 0 Å². The van der Waals surface area contributed by atoms with E-state index in [9.17, 15) is 4.79 Å². The van der Waals surface area contributed by atoms with Crippen LogP contribution in [-0.4, -0.2) is 16.1 Å². The maximum absolute atomic E-state index is 10.2. The molecular weight excluding hydrogens is 154 g/mol. The molecule has 0 fully saturated rings. The second kappa shape index (κ2) is 3.90. The number of rotatable bonds is 2. The van der Waals surface area contributed by atoms with Gasteiger partial charge in [0.05, 0.1) is 12.6 Å². The molecule has 0 aliphatic carbocycles. The molecule has 0 bridgehead atoms. The van der Waals surface area contributed by atoms with Crippen molar-refractivity contribution in [3.8, 4) is 0 Å². The van der Waals surface area contributed by atoms with Gasteiger partial charge in [-0.3, -0.25) is 9.89 Å². The lowest BCUT2D eigenvalue weighted by atomic mass is 10.2. The molecule has 0 aliphatic rings. The highest BCUT2D eigenvalue weighted by molar-refractivity contribution is 5.85. The van der Waals surface area contributed by atoms with Crippen LogP contribution in [-0.2, 0) is 11.2 Å². The second-order valence-corrected chi connectivity index (χ2v) is 1.75. The topological polar surface area (TPSA) is 71.8 Å². The van der Waals surface area contributed by atoms with Gasteiger partial charge in [-0.05, 0) is 5.56 Å². The first-order valence-electron chi connectivity index (χ1n) is 2.55. The molecule has 0 saturated heterocycles. The van der Waals surface area contributed by atoms with Crippen molar-refractivity contribution in [3.05, 3.63) is 18.0 Å².